The summed E-state index contributed by atoms with van der Waals surface area (Å²) in [6.45, 7) is 33.0. The molecule has 0 aliphatic rings. The molecule has 122 valence electrons. The highest BCUT2D eigenvalue weighted by atomic mass is 28.5. The first-order valence-electron chi connectivity index (χ1n) is 8.09. The van der Waals surface area contributed by atoms with E-state index in [1.165, 1.54) is 0 Å². The van der Waals surface area contributed by atoms with Gasteiger partial charge >= 0.3 is 0 Å². The summed E-state index contributed by atoms with van der Waals surface area (Å²) in [5, 5.41) is 0. The molecule has 0 aliphatic heterocycles. The first-order valence-corrected chi connectivity index (χ1v) is 21.5. The lowest BCUT2D eigenvalue weighted by Crippen LogP contribution is -2.76. The van der Waals surface area contributed by atoms with Crippen LogP contribution in [-0.2, 0) is 4.43 Å². The van der Waals surface area contributed by atoms with E-state index in [4.69, 9.17) is 4.43 Å². The fourth-order valence-electron chi connectivity index (χ4n) is 6.76. The molecule has 0 amide bonds. The minimum absolute atomic E-state index is 0.361. The van der Waals surface area contributed by atoms with Crippen LogP contribution in [0.15, 0.2) is 0 Å². The summed E-state index contributed by atoms with van der Waals surface area (Å²) in [7, 11) is -5.82. The van der Waals surface area contributed by atoms with E-state index >= 15 is 0 Å². The van der Waals surface area contributed by atoms with Gasteiger partial charge in [0.05, 0.1) is 0 Å². The molecule has 0 rings (SSSR count). The molecule has 0 spiro atoms. The van der Waals surface area contributed by atoms with Gasteiger partial charge in [-0.25, -0.2) is 0 Å². The van der Waals surface area contributed by atoms with E-state index in [1.807, 2.05) is 0 Å². The normalized spacial score (nSPS) is 15.9. The molecule has 0 aromatic heterocycles. The van der Waals surface area contributed by atoms with E-state index in [0.717, 1.165) is 0 Å². The minimum Gasteiger partial charge on any atom is -0.415 e. The first kappa shape index (κ1) is 20.8. The predicted octanol–water partition coefficient (Wildman–Crippen LogP) is 5.99. The molecule has 0 saturated heterocycles. The van der Waals surface area contributed by atoms with Gasteiger partial charge in [-0.15, -0.1) is 0 Å². The van der Waals surface area contributed by atoms with Crippen LogP contribution in [0.25, 0.3) is 0 Å². The van der Waals surface area contributed by atoms with E-state index in [2.05, 4.69) is 85.9 Å². The lowest BCUT2D eigenvalue weighted by Gasteiger charge is -2.65. The first-order chi connectivity index (χ1) is 8.42. The second-order valence-corrected chi connectivity index (χ2v) is 32.9. The molecule has 0 radical (unpaired) electrons. The van der Waals surface area contributed by atoms with Crippen molar-refractivity contribution in [3.63, 3.8) is 0 Å². The van der Waals surface area contributed by atoms with Gasteiger partial charge in [-0.1, -0.05) is 58.9 Å². The van der Waals surface area contributed by atoms with E-state index in [1.54, 1.807) is 0 Å². The van der Waals surface area contributed by atoms with Crippen LogP contribution in [0.2, 0.25) is 75.9 Å². The Balaban J connectivity index is 6.48. The van der Waals surface area contributed by atoms with Crippen molar-refractivity contribution in [2.75, 3.05) is 0 Å². The zero-order chi connectivity index (χ0) is 16.8. The standard InChI is InChI=1S/C15H40OSi4/c1-14(2)16-20(12,13)15(17(3,4)5,18(6,7)8)19(9,10)11/h14H,1-13H3. The molecule has 0 aromatic rings. The average Bonchev–Trinajstić information content (AvgIpc) is 1.87. The van der Waals surface area contributed by atoms with Crippen LogP contribution < -0.4 is 0 Å². The summed E-state index contributed by atoms with van der Waals surface area (Å²) in [6, 6.07) is 0. The van der Waals surface area contributed by atoms with Crippen molar-refractivity contribution in [1.82, 2.24) is 0 Å². The van der Waals surface area contributed by atoms with Crippen LogP contribution in [0, 0.1) is 0 Å². The van der Waals surface area contributed by atoms with Crippen LogP contribution >= 0.6 is 0 Å². The van der Waals surface area contributed by atoms with Crippen molar-refractivity contribution < 1.29 is 4.43 Å². The SMILES string of the molecule is CC(C)O[Si](C)(C)C([Si](C)(C)C)([Si](C)(C)C)[Si](C)(C)C. The van der Waals surface area contributed by atoms with Crippen molar-refractivity contribution in [2.45, 2.75) is 95.9 Å². The van der Waals surface area contributed by atoms with E-state index < -0.39 is 32.5 Å². The Hall–Kier alpha value is 0.828. The molecule has 0 atom stereocenters. The maximum absolute atomic E-state index is 6.73. The zero-order valence-corrected chi connectivity index (χ0v) is 20.5. The van der Waals surface area contributed by atoms with Crippen molar-refractivity contribution in [2.24, 2.45) is 0 Å². The Kier molecular flexibility index (Phi) is 6.03. The largest absolute Gasteiger partial charge is 0.415 e. The highest BCUT2D eigenvalue weighted by molar-refractivity contribution is 7.28. The Morgan fingerprint density at radius 3 is 1.00 bits per heavy atom. The van der Waals surface area contributed by atoms with E-state index in [0.29, 0.717) is 10.0 Å². The molecule has 5 heteroatoms. The van der Waals surface area contributed by atoms with Crippen molar-refractivity contribution in [3.05, 3.63) is 0 Å². The fourth-order valence-corrected chi connectivity index (χ4v) is 57.3. The molecule has 0 aromatic carbocycles. The lowest BCUT2D eigenvalue weighted by molar-refractivity contribution is 0.229. The van der Waals surface area contributed by atoms with Gasteiger partial charge < -0.3 is 4.43 Å². The predicted molar refractivity (Wildman–Crippen MR) is 106 cm³/mol. The quantitative estimate of drug-likeness (QED) is 0.536. The van der Waals surface area contributed by atoms with Gasteiger partial charge in [-0.2, -0.15) is 0 Å². The molecule has 20 heavy (non-hydrogen) atoms. The summed E-state index contributed by atoms with van der Waals surface area (Å²) in [4.78, 5) is 0. The van der Waals surface area contributed by atoms with Crippen molar-refractivity contribution in [1.29, 1.82) is 0 Å². The Labute approximate surface area is 133 Å². The maximum atomic E-state index is 6.73. The third kappa shape index (κ3) is 3.42. The van der Waals surface area contributed by atoms with Gasteiger partial charge in [0.2, 0.25) is 0 Å². The lowest BCUT2D eigenvalue weighted by atomic mass is 10.5. The molecule has 0 bridgehead atoms. The van der Waals surface area contributed by atoms with Crippen LogP contribution in [0.3, 0.4) is 0 Å². The Bertz CT molecular complexity index is 293. The third-order valence-electron chi connectivity index (χ3n) is 4.81. The summed E-state index contributed by atoms with van der Waals surface area (Å²) in [6.07, 6.45) is 0.361. The molecule has 0 fully saturated rings. The molecule has 0 saturated carbocycles. The monoisotopic (exact) mass is 348 g/mol. The molecule has 0 aliphatic carbocycles. The van der Waals surface area contributed by atoms with Gasteiger partial charge in [0.25, 0.3) is 0 Å². The highest BCUT2D eigenvalue weighted by Gasteiger charge is 2.68. The molecule has 0 N–H and O–H groups in total. The summed E-state index contributed by atoms with van der Waals surface area (Å²) in [5.41, 5.74) is 0. The molecule has 1 nitrogen and oxygen atoms in total. The molecular formula is C15H40OSi4. The van der Waals surface area contributed by atoms with Gasteiger partial charge in [0.1, 0.15) is 0 Å². The smallest absolute Gasteiger partial charge is 0.185 e. The van der Waals surface area contributed by atoms with Crippen LogP contribution in [0.5, 0.6) is 0 Å². The molecule has 0 heterocycles. The second kappa shape index (κ2) is 5.79. The average molecular weight is 349 g/mol. The van der Waals surface area contributed by atoms with Crippen molar-refractivity contribution >= 4 is 32.5 Å². The van der Waals surface area contributed by atoms with Gasteiger partial charge in [-0.05, 0) is 30.8 Å². The summed E-state index contributed by atoms with van der Waals surface area (Å²) in [5.74, 6) is 0. The Morgan fingerprint density at radius 2 is 0.850 bits per heavy atom. The van der Waals surface area contributed by atoms with Crippen LogP contribution in [-0.4, -0.2) is 38.6 Å². The third-order valence-corrected chi connectivity index (χ3v) is 40.1. The molecular weight excluding hydrogens is 309 g/mol. The van der Waals surface area contributed by atoms with Crippen LogP contribution in [0.1, 0.15) is 13.8 Å². The number of hydrogen-bond donors (Lipinski definition) is 0. The van der Waals surface area contributed by atoms with Gasteiger partial charge in [0.15, 0.2) is 8.32 Å². The minimum atomic E-state index is -1.77. The second-order valence-electron chi connectivity index (χ2n) is 10.2. The zero-order valence-electron chi connectivity index (χ0n) is 16.5. The number of hydrogen-bond acceptors (Lipinski definition) is 1. The van der Waals surface area contributed by atoms with Crippen LogP contribution in [0.4, 0.5) is 0 Å². The highest BCUT2D eigenvalue weighted by Crippen LogP contribution is 2.59. The maximum Gasteiger partial charge on any atom is 0.185 e. The van der Waals surface area contributed by atoms with Crippen molar-refractivity contribution in [3.8, 4) is 0 Å². The number of rotatable bonds is 6. The van der Waals surface area contributed by atoms with Gasteiger partial charge in [-0.3, -0.25) is 0 Å². The van der Waals surface area contributed by atoms with E-state index in [-0.39, 0.29) is 0 Å². The molecule has 0 unspecified atom stereocenters. The summed E-state index contributed by atoms with van der Waals surface area (Å²) >= 11 is 0. The Morgan fingerprint density at radius 1 is 0.600 bits per heavy atom. The summed E-state index contributed by atoms with van der Waals surface area (Å²) < 4.78 is 7.30. The fraction of sp³-hybridized carbons (Fsp3) is 1.00. The topological polar surface area (TPSA) is 9.23 Å². The van der Waals surface area contributed by atoms with E-state index in [9.17, 15) is 0 Å². The van der Waals surface area contributed by atoms with Gasteiger partial charge in [0, 0.05) is 30.3 Å².